The molecule has 0 aromatic heterocycles. The van der Waals surface area contributed by atoms with E-state index in [2.05, 4.69) is 5.32 Å². The normalized spacial score (nSPS) is 10.2. The molecule has 0 aliphatic heterocycles. The van der Waals surface area contributed by atoms with Gasteiger partial charge in [-0.1, -0.05) is 36.4 Å². The number of hydrogen-bond donors (Lipinski definition) is 1. The minimum absolute atomic E-state index is 0.173. The summed E-state index contributed by atoms with van der Waals surface area (Å²) in [5, 5.41) is 2.75. The summed E-state index contributed by atoms with van der Waals surface area (Å²) in [5.74, 6) is -0.713. The number of nitrogens with one attached hydrogen (secondary N) is 1. The van der Waals surface area contributed by atoms with Gasteiger partial charge in [-0.25, -0.2) is 0 Å². The van der Waals surface area contributed by atoms with Crippen molar-refractivity contribution in [1.29, 1.82) is 0 Å². The lowest BCUT2D eigenvalue weighted by atomic mass is 10.1. The van der Waals surface area contributed by atoms with Gasteiger partial charge in [0.1, 0.15) is 0 Å². The first-order chi connectivity index (χ1) is 12.0. The number of nitrogens with zero attached hydrogens (tertiary/aromatic N) is 1. The van der Waals surface area contributed by atoms with Crippen LogP contribution in [0.3, 0.4) is 0 Å². The number of rotatable bonds is 7. The van der Waals surface area contributed by atoms with Crippen molar-refractivity contribution in [1.82, 2.24) is 5.32 Å². The van der Waals surface area contributed by atoms with Gasteiger partial charge in [0.05, 0.1) is 6.42 Å². The predicted octanol–water partition coefficient (Wildman–Crippen LogP) is 2.46. The van der Waals surface area contributed by atoms with E-state index in [1.165, 1.54) is 0 Å². The summed E-state index contributed by atoms with van der Waals surface area (Å²) in [7, 11) is 3.95. The number of ether oxygens (including phenoxy) is 1. The van der Waals surface area contributed by atoms with Crippen molar-refractivity contribution in [3.05, 3.63) is 65.2 Å². The molecular weight excluding hydrogens is 316 g/mol. The zero-order valence-corrected chi connectivity index (χ0v) is 14.9. The maximum Gasteiger partial charge on any atom is 0.310 e. The van der Waals surface area contributed by atoms with E-state index in [0.29, 0.717) is 6.54 Å². The fraction of sp³-hybridized carbons (Fsp3) is 0.300. The molecule has 0 bridgehead atoms. The zero-order chi connectivity index (χ0) is 18.2. The van der Waals surface area contributed by atoms with Crippen LogP contribution in [-0.2, 0) is 27.3 Å². The molecule has 0 radical (unpaired) electrons. The molecule has 2 rings (SSSR count). The van der Waals surface area contributed by atoms with Crippen LogP contribution in [-0.4, -0.2) is 32.6 Å². The van der Waals surface area contributed by atoms with Gasteiger partial charge in [-0.2, -0.15) is 0 Å². The molecule has 5 heteroatoms. The number of carbonyl (C=O) groups is 2. The van der Waals surface area contributed by atoms with E-state index in [1.807, 2.05) is 74.4 Å². The van der Waals surface area contributed by atoms with Crippen LogP contribution in [0.25, 0.3) is 0 Å². The molecule has 132 valence electrons. The van der Waals surface area contributed by atoms with Gasteiger partial charge in [-0.3, -0.25) is 9.59 Å². The molecule has 0 aliphatic rings. The summed E-state index contributed by atoms with van der Waals surface area (Å²) in [6, 6.07) is 15.5. The molecular formula is C20H24N2O3. The largest absolute Gasteiger partial charge is 0.455 e. The number of anilines is 1. The summed E-state index contributed by atoms with van der Waals surface area (Å²) in [6.07, 6.45) is 0.173. The molecule has 0 spiro atoms. The van der Waals surface area contributed by atoms with Crippen LogP contribution in [0.4, 0.5) is 5.69 Å². The Morgan fingerprint density at radius 2 is 1.72 bits per heavy atom. The summed E-state index contributed by atoms with van der Waals surface area (Å²) in [6.45, 7) is 2.08. The fourth-order valence-electron chi connectivity index (χ4n) is 2.32. The van der Waals surface area contributed by atoms with Gasteiger partial charge in [0.25, 0.3) is 5.91 Å². The highest BCUT2D eigenvalue weighted by Gasteiger charge is 2.09. The van der Waals surface area contributed by atoms with Crippen LogP contribution in [0, 0.1) is 6.92 Å². The third-order valence-electron chi connectivity index (χ3n) is 3.90. The van der Waals surface area contributed by atoms with Crippen LogP contribution >= 0.6 is 0 Å². The highest BCUT2D eigenvalue weighted by molar-refractivity contribution is 5.81. The summed E-state index contributed by atoms with van der Waals surface area (Å²) in [5.41, 5.74) is 4.03. The molecule has 2 aromatic carbocycles. The van der Waals surface area contributed by atoms with Crippen molar-refractivity contribution in [2.75, 3.05) is 25.6 Å². The number of carbonyl (C=O) groups excluding carboxylic acids is 2. The molecule has 1 amide bonds. The SMILES string of the molecule is Cc1ccccc1CC(=O)OCC(=O)NCc1ccc(N(C)C)cc1. The van der Waals surface area contributed by atoms with E-state index >= 15 is 0 Å². The number of amides is 1. The molecule has 0 aliphatic carbocycles. The Kier molecular flexibility index (Phi) is 6.57. The Bertz CT molecular complexity index is 724. The molecule has 0 saturated carbocycles. The van der Waals surface area contributed by atoms with Gasteiger partial charge >= 0.3 is 5.97 Å². The number of benzene rings is 2. The second kappa shape index (κ2) is 8.87. The van der Waals surface area contributed by atoms with E-state index < -0.39 is 5.97 Å². The number of aryl methyl sites for hydroxylation is 1. The monoisotopic (exact) mass is 340 g/mol. The Morgan fingerprint density at radius 3 is 2.36 bits per heavy atom. The van der Waals surface area contributed by atoms with Crippen molar-refractivity contribution < 1.29 is 14.3 Å². The summed E-state index contributed by atoms with van der Waals surface area (Å²) < 4.78 is 5.04. The molecule has 5 nitrogen and oxygen atoms in total. The van der Waals surface area contributed by atoms with E-state index in [-0.39, 0.29) is 18.9 Å². The lowest BCUT2D eigenvalue weighted by molar-refractivity contribution is -0.147. The second-order valence-electron chi connectivity index (χ2n) is 6.10. The zero-order valence-electron chi connectivity index (χ0n) is 14.9. The lowest BCUT2D eigenvalue weighted by Gasteiger charge is -2.13. The van der Waals surface area contributed by atoms with Crippen molar-refractivity contribution in [3.8, 4) is 0 Å². The molecule has 0 saturated heterocycles. The Balaban J connectivity index is 1.73. The second-order valence-corrected chi connectivity index (χ2v) is 6.10. The topological polar surface area (TPSA) is 58.6 Å². The first-order valence-electron chi connectivity index (χ1n) is 8.19. The van der Waals surface area contributed by atoms with Gasteiger partial charge in [-0.05, 0) is 35.7 Å². The Labute approximate surface area is 148 Å². The van der Waals surface area contributed by atoms with Gasteiger partial charge < -0.3 is 15.0 Å². The molecule has 25 heavy (non-hydrogen) atoms. The third-order valence-corrected chi connectivity index (χ3v) is 3.90. The van der Waals surface area contributed by atoms with Crippen LogP contribution in [0.2, 0.25) is 0 Å². The highest BCUT2D eigenvalue weighted by Crippen LogP contribution is 2.12. The molecule has 2 aromatic rings. The molecule has 1 N–H and O–H groups in total. The maximum absolute atomic E-state index is 11.8. The first-order valence-corrected chi connectivity index (χ1v) is 8.19. The standard InChI is InChI=1S/C20H24N2O3/c1-15-6-4-5-7-17(15)12-20(24)25-14-19(23)21-13-16-8-10-18(11-9-16)22(2)3/h4-11H,12-14H2,1-3H3,(H,21,23). The third kappa shape index (κ3) is 5.95. The van der Waals surface area contributed by atoms with Gasteiger partial charge in [0, 0.05) is 26.3 Å². The lowest BCUT2D eigenvalue weighted by Crippen LogP contribution is -2.28. The summed E-state index contributed by atoms with van der Waals surface area (Å²) in [4.78, 5) is 25.7. The van der Waals surface area contributed by atoms with E-state index in [4.69, 9.17) is 4.74 Å². The number of esters is 1. The quantitative estimate of drug-likeness (QED) is 0.787. The van der Waals surface area contributed by atoms with Gasteiger partial charge in [-0.15, -0.1) is 0 Å². The van der Waals surface area contributed by atoms with Gasteiger partial charge in [0.2, 0.25) is 0 Å². The van der Waals surface area contributed by atoms with E-state index in [0.717, 1.165) is 22.4 Å². The van der Waals surface area contributed by atoms with Gasteiger partial charge in [0.15, 0.2) is 6.61 Å². The van der Waals surface area contributed by atoms with Crippen molar-refractivity contribution in [2.24, 2.45) is 0 Å². The first kappa shape index (κ1) is 18.5. The molecule has 0 fully saturated rings. The van der Waals surface area contributed by atoms with E-state index in [1.54, 1.807) is 0 Å². The van der Waals surface area contributed by atoms with E-state index in [9.17, 15) is 9.59 Å². The minimum atomic E-state index is -0.403. The highest BCUT2D eigenvalue weighted by atomic mass is 16.5. The molecule has 0 atom stereocenters. The van der Waals surface area contributed by atoms with Crippen LogP contribution in [0.15, 0.2) is 48.5 Å². The Morgan fingerprint density at radius 1 is 1.04 bits per heavy atom. The van der Waals surface area contributed by atoms with Crippen LogP contribution < -0.4 is 10.2 Å². The molecule has 0 heterocycles. The van der Waals surface area contributed by atoms with Crippen molar-refractivity contribution >= 4 is 17.6 Å². The molecule has 0 unspecified atom stereocenters. The fourth-order valence-corrected chi connectivity index (χ4v) is 2.32. The van der Waals surface area contributed by atoms with Crippen molar-refractivity contribution in [3.63, 3.8) is 0 Å². The average molecular weight is 340 g/mol. The minimum Gasteiger partial charge on any atom is -0.455 e. The van der Waals surface area contributed by atoms with Crippen LogP contribution in [0.1, 0.15) is 16.7 Å². The predicted molar refractivity (Wildman–Crippen MR) is 98.5 cm³/mol. The smallest absolute Gasteiger partial charge is 0.310 e. The average Bonchev–Trinajstić information content (AvgIpc) is 2.60. The van der Waals surface area contributed by atoms with Crippen LogP contribution in [0.5, 0.6) is 0 Å². The Hall–Kier alpha value is -2.82. The summed E-state index contributed by atoms with van der Waals surface area (Å²) >= 11 is 0. The number of hydrogen-bond acceptors (Lipinski definition) is 4. The maximum atomic E-state index is 11.8. The van der Waals surface area contributed by atoms with Crippen molar-refractivity contribution in [2.45, 2.75) is 19.9 Å².